The zero-order valence-electron chi connectivity index (χ0n) is 68.4. The predicted molar refractivity (Wildman–Crippen MR) is 457 cm³/mol. The number of alkyl halides is 6. The SMILES string of the molecule is CC(C)(C)c1cccc(-c2nc(-c3ccncc3)no2)c1.CCOc1ccc(-c2nc(-c3ccccc3)no2)cc1OCC.CCOc1ccc(-c2nc(-c3ccccc3C)no2)cc1OCC.Cc1ccccc1-c1noc(-c2cc(-c3ccccc3)cc(C(F)(F)F)c2)n1.FC(F)(F)c1cc(-c2ccccc2)cc(-c2nc(-c3ccccc3)no2)c1. The zero-order valence-corrected chi connectivity index (χ0v) is 68.4. The Labute approximate surface area is 705 Å². The van der Waals surface area contributed by atoms with Crippen LogP contribution in [0.25, 0.3) is 136 Å². The number of hydrogen-bond donors (Lipinski definition) is 0. The quantitative estimate of drug-likeness (QED) is 0.0644. The Kier molecular flexibility index (Phi) is 27.8. The summed E-state index contributed by atoms with van der Waals surface area (Å²) in [6, 6.07) is 82.7. The molecule has 20 nitrogen and oxygen atoms in total. The number of rotatable bonds is 20. The molecule has 26 heteroatoms. The number of benzene rings is 11. The van der Waals surface area contributed by atoms with Gasteiger partial charge in [-0.1, -0.05) is 229 Å². The molecule has 0 aliphatic carbocycles. The Morgan fingerprint density at radius 1 is 0.260 bits per heavy atom. The monoisotopic (exact) mass is 1660 g/mol. The molecule has 6 aromatic heterocycles. The van der Waals surface area contributed by atoms with Crippen molar-refractivity contribution in [3.8, 4) is 159 Å². The predicted octanol–water partition coefficient (Wildman–Crippen LogP) is 25.3. The van der Waals surface area contributed by atoms with Crippen LogP contribution in [-0.4, -0.2) is 82.1 Å². The summed E-state index contributed by atoms with van der Waals surface area (Å²) in [5, 5.41) is 20.0. The van der Waals surface area contributed by atoms with Crippen molar-refractivity contribution >= 4 is 0 Å². The van der Waals surface area contributed by atoms with Gasteiger partial charge in [-0.3, -0.25) is 4.98 Å². The molecule has 0 saturated carbocycles. The lowest BCUT2D eigenvalue weighted by molar-refractivity contribution is -0.138. The standard InChI is InChI=1S/C22H15F3N2O.C21H13F3N2O.C19H20N2O3.C18H18N2O3.C17H17N3O/c1-14-7-5-6-10-19(14)20-26-21(28-27-20)17-11-16(15-8-3-2-4-9-15)12-18(13-17)22(23,24)25;22-21(23,24)18-12-16(14-7-3-1-4-8-14)11-17(13-18)20-25-19(26-27-20)15-9-5-2-6-10-15;1-4-22-16-11-10-14(12-17(16)23-5-2)19-20-18(21-24-19)15-9-7-6-8-13(15)3;1-3-21-15-11-10-14(12-16(15)22-4-2)18-19-17(20-23-18)13-8-6-5-7-9-13;1-17(2,3)14-6-4-5-13(11-14)16-19-15(20-21-16)12-7-9-18-10-8-12/h2-13H,1H3;1-13H;6-12H,4-5H2,1-3H3;5-12H,3-4H2,1-2H3;4-11H,1-3H3. The van der Waals surface area contributed by atoms with E-state index in [4.69, 9.17) is 41.6 Å². The Hall–Kier alpha value is -15.0. The molecule has 622 valence electrons. The molecule has 0 atom stereocenters. The highest BCUT2D eigenvalue weighted by Gasteiger charge is 2.34. The van der Waals surface area contributed by atoms with E-state index >= 15 is 0 Å². The van der Waals surface area contributed by atoms with E-state index in [-0.39, 0.29) is 28.3 Å². The lowest BCUT2D eigenvalue weighted by Crippen LogP contribution is -2.10. The second kappa shape index (κ2) is 39.7. The lowest BCUT2D eigenvalue weighted by Gasteiger charge is -2.19. The van der Waals surface area contributed by atoms with Gasteiger partial charge in [0.1, 0.15) is 0 Å². The fourth-order valence-corrected chi connectivity index (χ4v) is 12.5. The Morgan fingerprint density at radius 2 is 0.553 bits per heavy atom. The third-order valence-electron chi connectivity index (χ3n) is 18.7. The third-order valence-corrected chi connectivity index (χ3v) is 18.7. The first-order valence-corrected chi connectivity index (χ1v) is 39.3. The van der Waals surface area contributed by atoms with Crippen LogP contribution in [0.4, 0.5) is 26.3 Å². The summed E-state index contributed by atoms with van der Waals surface area (Å²) in [5.41, 5.74) is 11.3. The zero-order chi connectivity index (χ0) is 86.5. The minimum atomic E-state index is -4.49. The maximum Gasteiger partial charge on any atom is 0.416 e. The van der Waals surface area contributed by atoms with Crippen LogP contribution in [0.2, 0.25) is 0 Å². The molecule has 0 aliphatic heterocycles. The summed E-state index contributed by atoms with van der Waals surface area (Å²) < 4.78 is 130. The number of pyridine rings is 1. The van der Waals surface area contributed by atoms with Gasteiger partial charge in [-0.25, -0.2) is 0 Å². The Morgan fingerprint density at radius 3 is 0.911 bits per heavy atom. The normalized spacial score (nSPS) is 11.2. The Bertz CT molecular complexity index is 6280. The summed E-state index contributed by atoms with van der Waals surface area (Å²) in [5.74, 6) is 6.67. The highest BCUT2D eigenvalue weighted by atomic mass is 19.4. The first-order chi connectivity index (χ1) is 59.5. The van der Waals surface area contributed by atoms with Gasteiger partial charge in [0, 0.05) is 68.0 Å². The van der Waals surface area contributed by atoms with Gasteiger partial charge in [-0.15, -0.1) is 0 Å². The van der Waals surface area contributed by atoms with Gasteiger partial charge < -0.3 is 41.6 Å². The van der Waals surface area contributed by atoms with Crippen molar-refractivity contribution in [1.29, 1.82) is 0 Å². The number of nitrogens with zero attached hydrogens (tertiary/aromatic N) is 11. The molecule has 0 unspecified atom stereocenters. The van der Waals surface area contributed by atoms with Crippen molar-refractivity contribution in [1.82, 2.24) is 55.7 Å². The van der Waals surface area contributed by atoms with E-state index in [2.05, 4.69) is 88.6 Å². The van der Waals surface area contributed by atoms with Crippen LogP contribution < -0.4 is 18.9 Å². The van der Waals surface area contributed by atoms with Crippen molar-refractivity contribution in [3.63, 3.8) is 0 Å². The largest absolute Gasteiger partial charge is 0.490 e. The average Bonchev–Trinajstić information content (AvgIpc) is 1.45. The second-order valence-corrected chi connectivity index (χ2v) is 28.4. The van der Waals surface area contributed by atoms with Crippen LogP contribution >= 0.6 is 0 Å². The summed E-state index contributed by atoms with van der Waals surface area (Å²) in [4.78, 5) is 26.0. The molecule has 0 fully saturated rings. The molecule has 17 rings (SSSR count). The van der Waals surface area contributed by atoms with Crippen LogP contribution in [0.3, 0.4) is 0 Å². The highest BCUT2D eigenvalue weighted by molar-refractivity contribution is 5.75. The fraction of sp³-hybridized carbons (Fsp3) is 0.165. The molecule has 0 saturated heterocycles. The van der Waals surface area contributed by atoms with Crippen molar-refractivity contribution in [2.24, 2.45) is 0 Å². The van der Waals surface area contributed by atoms with Gasteiger partial charge in [0.25, 0.3) is 29.5 Å². The van der Waals surface area contributed by atoms with Crippen molar-refractivity contribution in [2.75, 3.05) is 26.4 Å². The topological polar surface area (TPSA) is 244 Å². The molecule has 0 N–H and O–H groups in total. The molecule has 123 heavy (non-hydrogen) atoms. The second-order valence-electron chi connectivity index (χ2n) is 28.4. The van der Waals surface area contributed by atoms with Gasteiger partial charge in [0.05, 0.1) is 37.6 Å². The molecule has 0 spiro atoms. The van der Waals surface area contributed by atoms with Gasteiger partial charge in [0.2, 0.25) is 29.1 Å². The molecular formula is C97H83F6N11O9. The van der Waals surface area contributed by atoms with Crippen molar-refractivity contribution < 1.29 is 67.9 Å². The van der Waals surface area contributed by atoms with E-state index in [9.17, 15) is 26.3 Å². The van der Waals surface area contributed by atoms with Crippen LogP contribution in [0.1, 0.15) is 76.3 Å². The van der Waals surface area contributed by atoms with Gasteiger partial charge in [-0.05, 0) is 183 Å². The van der Waals surface area contributed by atoms with Gasteiger partial charge in [0.15, 0.2) is 23.0 Å². The maximum absolute atomic E-state index is 13.4. The van der Waals surface area contributed by atoms with Crippen LogP contribution in [0.15, 0.2) is 314 Å². The van der Waals surface area contributed by atoms with Crippen LogP contribution in [0, 0.1) is 13.8 Å². The smallest absolute Gasteiger partial charge is 0.416 e. The molecule has 0 amide bonds. The molecular weight excluding hydrogens is 1580 g/mol. The summed E-state index contributed by atoms with van der Waals surface area (Å²) >= 11 is 0. The number of aromatic nitrogens is 11. The molecule has 0 bridgehead atoms. The highest BCUT2D eigenvalue weighted by Crippen LogP contribution is 2.41. The van der Waals surface area contributed by atoms with E-state index in [0.717, 1.165) is 79.9 Å². The van der Waals surface area contributed by atoms with E-state index < -0.39 is 23.5 Å². The van der Waals surface area contributed by atoms with E-state index in [1.165, 1.54) is 5.56 Å². The lowest BCUT2D eigenvalue weighted by atomic mass is 9.86. The number of hydrogen-bond acceptors (Lipinski definition) is 20. The number of ether oxygens (including phenoxy) is 4. The van der Waals surface area contributed by atoms with E-state index in [0.29, 0.717) is 118 Å². The Balaban J connectivity index is 0.000000133. The maximum atomic E-state index is 13.4. The van der Waals surface area contributed by atoms with Gasteiger partial charge >= 0.3 is 12.4 Å². The average molecular weight is 1660 g/mol. The molecule has 11 aromatic carbocycles. The van der Waals surface area contributed by atoms with Gasteiger partial charge in [-0.2, -0.15) is 51.3 Å². The molecule has 0 radical (unpaired) electrons. The minimum absolute atomic E-state index is 0.0390. The number of aryl methyl sites for hydroxylation is 2. The first-order valence-electron chi connectivity index (χ1n) is 39.3. The molecule has 17 aromatic rings. The van der Waals surface area contributed by atoms with Crippen LogP contribution in [0.5, 0.6) is 23.0 Å². The summed E-state index contributed by atoms with van der Waals surface area (Å²) in [6.45, 7) is 20.5. The minimum Gasteiger partial charge on any atom is -0.490 e. The summed E-state index contributed by atoms with van der Waals surface area (Å²) in [6.07, 6.45) is -5.54. The van der Waals surface area contributed by atoms with E-state index in [1.807, 2.05) is 211 Å². The van der Waals surface area contributed by atoms with E-state index in [1.54, 1.807) is 85.2 Å². The third kappa shape index (κ3) is 22.3. The number of halogens is 6. The molecule has 0 aliphatic rings. The van der Waals surface area contributed by atoms with Crippen molar-refractivity contribution in [3.05, 3.63) is 319 Å². The summed E-state index contributed by atoms with van der Waals surface area (Å²) in [7, 11) is 0. The van der Waals surface area contributed by atoms with Crippen LogP contribution in [-0.2, 0) is 17.8 Å². The molecule has 6 heterocycles. The fourth-order valence-electron chi connectivity index (χ4n) is 12.5. The van der Waals surface area contributed by atoms with Crippen molar-refractivity contribution in [2.45, 2.75) is 80.1 Å². The first kappa shape index (κ1) is 85.9.